The van der Waals surface area contributed by atoms with Crippen molar-refractivity contribution >= 4 is 28.4 Å². The molecule has 0 saturated carbocycles. The van der Waals surface area contributed by atoms with Gasteiger partial charge in [0.15, 0.2) is 11.6 Å². The van der Waals surface area contributed by atoms with E-state index < -0.39 is 53.1 Å². The van der Waals surface area contributed by atoms with Crippen LogP contribution < -0.4 is 10.6 Å². The number of H-pyrrole nitrogens is 1. The van der Waals surface area contributed by atoms with E-state index in [0.717, 1.165) is 24.3 Å². The van der Waals surface area contributed by atoms with Crippen LogP contribution in [0.2, 0.25) is 0 Å². The number of rotatable bonds is 3. The number of hydrogen-bond acceptors (Lipinski definition) is 2. The Morgan fingerprint density at radius 1 is 1.00 bits per heavy atom. The molecular formula is C18H11F6N3O2. The van der Waals surface area contributed by atoms with E-state index in [1.54, 1.807) is 0 Å². The van der Waals surface area contributed by atoms with Crippen LogP contribution in [0.4, 0.5) is 32.0 Å². The molecule has 152 valence electrons. The maximum atomic E-state index is 13.9. The number of anilines is 1. The molecule has 0 spiro atoms. The number of carbonyl (C=O) groups excluding carboxylic acids is 2. The molecule has 5 nitrogen and oxygen atoms in total. The normalized spacial score (nSPS) is 11.5. The Morgan fingerprint density at radius 2 is 1.69 bits per heavy atom. The predicted molar refractivity (Wildman–Crippen MR) is 90.1 cm³/mol. The highest BCUT2D eigenvalue weighted by molar-refractivity contribution is 6.40. The van der Waals surface area contributed by atoms with Crippen molar-refractivity contribution in [2.75, 3.05) is 5.32 Å². The molecule has 2 amide bonds. The van der Waals surface area contributed by atoms with Gasteiger partial charge in [-0.25, -0.2) is 13.2 Å². The van der Waals surface area contributed by atoms with Crippen LogP contribution in [0.3, 0.4) is 0 Å². The number of hydrogen-bond donors (Lipinski definition) is 3. The van der Waals surface area contributed by atoms with Gasteiger partial charge in [0.05, 0.1) is 16.8 Å². The van der Waals surface area contributed by atoms with Gasteiger partial charge in [-0.1, -0.05) is 12.1 Å². The highest BCUT2D eigenvalue weighted by Gasteiger charge is 2.34. The molecule has 0 unspecified atom stereocenters. The molecule has 2 aromatic carbocycles. The van der Waals surface area contributed by atoms with E-state index in [0.29, 0.717) is 6.07 Å². The fourth-order valence-electron chi connectivity index (χ4n) is 2.59. The number of carbonyl (C=O) groups is 2. The van der Waals surface area contributed by atoms with Gasteiger partial charge in [0.1, 0.15) is 5.82 Å². The minimum atomic E-state index is -4.91. The van der Waals surface area contributed by atoms with Crippen LogP contribution >= 0.6 is 0 Å². The summed E-state index contributed by atoms with van der Waals surface area (Å²) in [5.41, 5.74) is -1.83. The molecular weight excluding hydrogens is 404 g/mol. The number of amides is 2. The van der Waals surface area contributed by atoms with Crippen LogP contribution in [0.15, 0.2) is 36.5 Å². The van der Waals surface area contributed by atoms with E-state index in [4.69, 9.17) is 0 Å². The first kappa shape index (κ1) is 20.2. The van der Waals surface area contributed by atoms with E-state index >= 15 is 0 Å². The van der Waals surface area contributed by atoms with Crippen molar-refractivity contribution < 1.29 is 35.9 Å². The zero-order chi connectivity index (χ0) is 21.3. The molecule has 0 fully saturated rings. The van der Waals surface area contributed by atoms with Gasteiger partial charge < -0.3 is 15.6 Å². The largest absolute Gasteiger partial charge is 0.419 e. The summed E-state index contributed by atoms with van der Waals surface area (Å²) in [6.07, 6.45) is -3.72. The minimum absolute atomic E-state index is 0.0238. The summed E-state index contributed by atoms with van der Waals surface area (Å²) in [6.45, 7) is -0.671. The van der Waals surface area contributed by atoms with Crippen LogP contribution in [0, 0.1) is 17.5 Å². The van der Waals surface area contributed by atoms with Crippen LogP contribution in [-0.2, 0) is 22.3 Å². The van der Waals surface area contributed by atoms with Crippen LogP contribution in [0.5, 0.6) is 0 Å². The van der Waals surface area contributed by atoms with E-state index in [1.807, 2.05) is 5.32 Å². The zero-order valence-corrected chi connectivity index (χ0v) is 14.3. The van der Waals surface area contributed by atoms with E-state index in [2.05, 4.69) is 10.3 Å². The second-order valence-electron chi connectivity index (χ2n) is 5.93. The lowest BCUT2D eigenvalue weighted by atomic mass is 10.1. The first-order chi connectivity index (χ1) is 13.6. The molecule has 0 atom stereocenters. The average Bonchev–Trinajstić information content (AvgIpc) is 3.01. The average molecular weight is 415 g/mol. The number of aromatic amines is 1. The highest BCUT2D eigenvalue weighted by atomic mass is 19.4. The van der Waals surface area contributed by atoms with Crippen molar-refractivity contribution in [1.82, 2.24) is 10.3 Å². The standard InChI is InChI=1S/C18H11F6N3O2/c19-11-4-9-13(5-12(11)20)25-7-14(9)27-17(29)16(28)26-6-8-2-1-3-10(15(8)21)18(22,23)24/h1-5,7,25H,6H2,(H,26,28)(H,27,29). The molecule has 3 rings (SSSR count). The summed E-state index contributed by atoms with van der Waals surface area (Å²) in [5.74, 6) is -6.34. The van der Waals surface area contributed by atoms with Gasteiger partial charge in [0.2, 0.25) is 0 Å². The van der Waals surface area contributed by atoms with Crippen molar-refractivity contribution in [2.24, 2.45) is 0 Å². The highest BCUT2D eigenvalue weighted by Crippen LogP contribution is 2.32. The minimum Gasteiger partial charge on any atom is -0.359 e. The maximum Gasteiger partial charge on any atom is 0.419 e. The van der Waals surface area contributed by atoms with Gasteiger partial charge in [-0.15, -0.1) is 0 Å². The number of aromatic nitrogens is 1. The predicted octanol–water partition coefficient (Wildman–Crippen LogP) is 3.86. The fraction of sp³-hybridized carbons (Fsp3) is 0.111. The van der Waals surface area contributed by atoms with E-state index in [9.17, 15) is 35.9 Å². The van der Waals surface area contributed by atoms with Gasteiger partial charge in [-0.05, 0) is 12.1 Å². The summed E-state index contributed by atoms with van der Waals surface area (Å²) in [7, 11) is 0. The Morgan fingerprint density at radius 3 is 2.38 bits per heavy atom. The summed E-state index contributed by atoms with van der Waals surface area (Å²) in [4.78, 5) is 26.4. The lowest BCUT2D eigenvalue weighted by molar-refractivity contribution is -0.140. The first-order valence-electron chi connectivity index (χ1n) is 7.98. The molecule has 0 saturated heterocycles. The van der Waals surface area contributed by atoms with Gasteiger partial charge in [-0.2, -0.15) is 13.2 Å². The Balaban J connectivity index is 1.70. The Hall–Kier alpha value is -3.50. The molecule has 0 aliphatic carbocycles. The quantitative estimate of drug-likeness (QED) is 0.449. The van der Waals surface area contributed by atoms with Crippen molar-refractivity contribution in [1.29, 1.82) is 0 Å². The number of nitrogens with one attached hydrogen (secondary N) is 3. The summed E-state index contributed by atoms with van der Waals surface area (Å²) < 4.78 is 78.6. The third kappa shape index (κ3) is 4.18. The SMILES string of the molecule is O=C(NCc1cccc(C(F)(F)F)c1F)C(=O)Nc1c[nH]c2cc(F)c(F)cc12. The van der Waals surface area contributed by atoms with E-state index in [1.165, 1.54) is 6.20 Å². The number of halogens is 6. The molecule has 0 bridgehead atoms. The second kappa shape index (κ2) is 7.49. The Bertz CT molecular complexity index is 1110. The molecule has 29 heavy (non-hydrogen) atoms. The van der Waals surface area contributed by atoms with Crippen molar-refractivity contribution in [2.45, 2.75) is 12.7 Å². The molecule has 0 aliphatic rings. The zero-order valence-electron chi connectivity index (χ0n) is 14.3. The molecule has 0 radical (unpaired) electrons. The Kier molecular flexibility index (Phi) is 5.23. The lowest BCUT2D eigenvalue weighted by Crippen LogP contribution is -2.35. The van der Waals surface area contributed by atoms with Crippen LogP contribution in [0.1, 0.15) is 11.1 Å². The van der Waals surface area contributed by atoms with Crippen LogP contribution in [-0.4, -0.2) is 16.8 Å². The topological polar surface area (TPSA) is 74.0 Å². The second-order valence-corrected chi connectivity index (χ2v) is 5.93. The van der Waals surface area contributed by atoms with Gasteiger partial charge in [-0.3, -0.25) is 9.59 Å². The Labute approximate surface area is 158 Å². The number of fused-ring (bicyclic) bond motifs is 1. The fourth-order valence-corrected chi connectivity index (χ4v) is 2.59. The molecule has 3 aromatic rings. The third-order valence-electron chi connectivity index (χ3n) is 4.00. The number of alkyl halides is 3. The van der Waals surface area contributed by atoms with Crippen molar-refractivity contribution in [3.63, 3.8) is 0 Å². The van der Waals surface area contributed by atoms with Gasteiger partial charge in [0, 0.05) is 29.8 Å². The number of benzene rings is 2. The van der Waals surface area contributed by atoms with Crippen molar-refractivity contribution in [3.8, 4) is 0 Å². The smallest absolute Gasteiger partial charge is 0.359 e. The summed E-state index contributed by atoms with van der Waals surface area (Å²) in [5, 5.41) is 4.24. The molecule has 3 N–H and O–H groups in total. The summed E-state index contributed by atoms with van der Waals surface area (Å²) in [6, 6.07) is 4.21. The molecule has 0 aliphatic heterocycles. The maximum absolute atomic E-state index is 13.9. The summed E-state index contributed by atoms with van der Waals surface area (Å²) >= 11 is 0. The molecule has 11 heteroatoms. The molecule has 1 aromatic heterocycles. The molecule has 1 heterocycles. The lowest BCUT2D eigenvalue weighted by Gasteiger charge is -2.11. The van der Waals surface area contributed by atoms with Crippen molar-refractivity contribution in [3.05, 3.63) is 65.1 Å². The van der Waals surface area contributed by atoms with E-state index in [-0.39, 0.29) is 16.6 Å². The third-order valence-corrected chi connectivity index (χ3v) is 4.00. The first-order valence-corrected chi connectivity index (χ1v) is 7.98. The van der Waals surface area contributed by atoms with Crippen LogP contribution in [0.25, 0.3) is 10.9 Å². The van der Waals surface area contributed by atoms with Gasteiger partial charge in [0.25, 0.3) is 0 Å². The monoisotopic (exact) mass is 415 g/mol. The van der Waals surface area contributed by atoms with Gasteiger partial charge >= 0.3 is 18.0 Å².